The Morgan fingerprint density at radius 1 is 1.75 bits per heavy atom. The van der Waals surface area contributed by atoms with Crippen molar-refractivity contribution in [2.24, 2.45) is 0 Å². The molecule has 5 heteroatoms. The first-order chi connectivity index (χ1) is 3.06. The molecule has 0 bridgehead atoms. The molecule has 0 saturated heterocycles. The van der Waals surface area contributed by atoms with Crippen LogP contribution in [0.3, 0.4) is 0 Å². The van der Waals surface area contributed by atoms with Crippen LogP contribution in [0.5, 0.6) is 0 Å². The smallest absolute Gasteiger partial charge is 0.690 e. The first kappa shape index (κ1) is 12.8. The third-order valence-corrected chi connectivity index (χ3v) is 1.41. The van der Waals surface area contributed by atoms with Crippen molar-refractivity contribution in [1.29, 1.82) is 0 Å². The summed E-state index contributed by atoms with van der Waals surface area (Å²) in [7, 11) is 0. The minimum atomic E-state index is -2.58. The van der Waals surface area contributed by atoms with Crippen LogP contribution in [0.15, 0.2) is 0 Å². The molecule has 44 valence electrons. The van der Waals surface area contributed by atoms with Gasteiger partial charge in [0, 0.05) is 6.61 Å². The summed E-state index contributed by atoms with van der Waals surface area (Å²) in [6.45, 7) is 1.05. The van der Waals surface area contributed by atoms with Gasteiger partial charge in [0.05, 0.1) is 6.57 Å². The number of hydrogen-bond acceptors (Lipinski definition) is 3. The molecule has 1 atom stereocenters. The van der Waals surface area contributed by atoms with Crippen LogP contribution in [0.25, 0.3) is 0 Å². The first-order valence-corrected chi connectivity index (χ1v) is 5.08. The largest absolute Gasteiger partial charge is 1.00 e. The van der Waals surface area contributed by atoms with Crippen molar-refractivity contribution in [3.8, 4) is 0 Å². The van der Waals surface area contributed by atoms with E-state index in [4.69, 9.17) is 0 Å². The van der Waals surface area contributed by atoms with Gasteiger partial charge in [0.1, 0.15) is 0 Å². The van der Waals surface area contributed by atoms with E-state index in [0.717, 1.165) is 0 Å². The van der Waals surface area contributed by atoms with Crippen molar-refractivity contribution in [1.82, 2.24) is 0 Å². The predicted molar refractivity (Wildman–Crippen MR) is 32.5 cm³/mol. The van der Waals surface area contributed by atoms with Crippen LogP contribution in [-0.2, 0) is 21.3 Å². The standard InChI is InChI=1S/C3H9O2PS.K/c1-3-5-6(2,4)7;/h3H2,1-2H3,(H,4,7);/q;+1/p-1. The molecule has 0 fully saturated rings. The molecule has 8 heavy (non-hydrogen) atoms. The Hall–Kier alpha value is 2.18. The van der Waals surface area contributed by atoms with E-state index in [2.05, 4.69) is 16.8 Å². The molecule has 0 aromatic carbocycles. The molecule has 2 nitrogen and oxygen atoms in total. The molecule has 0 rings (SSSR count). The molecule has 0 heterocycles. The van der Waals surface area contributed by atoms with Crippen LogP contribution >= 0.6 is 6.57 Å². The zero-order valence-corrected chi connectivity index (χ0v) is 10.2. The molecule has 0 aromatic rings. The molecule has 1 unspecified atom stereocenters. The van der Waals surface area contributed by atoms with Gasteiger partial charge in [-0.1, -0.05) is 0 Å². The molecular weight excluding hydrogens is 170 g/mol. The van der Waals surface area contributed by atoms with Crippen LogP contribution in [0.2, 0.25) is 0 Å². The van der Waals surface area contributed by atoms with Gasteiger partial charge >= 0.3 is 51.4 Å². The third kappa shape index (κ3) is 11.0. The van der Waals surface area contributed by atoms with E-state index < -0.39 is 6.57 Å². The van der Waals surface area contributed by atoms with Crippen molar-refractivity contribution < 1.29 is 60.5 Å². The van der Waals surface area contributed by atoms with Crippen molar-refractivity contribution in [3.05, 3.63) is 0 Å². The fraction of sp³-hybridized carbons (Fsp3) is 1.00. The molecule has 0 aliphatic rings. The number of rotatable bonds is 2. The van der Waals surface area contributed by atoms with Crippen LogP contribution in [0.1, 0.15) is 6.92 Å². The molecule has 0 N–H and O–H groups in total. The van der Waals surface area contributed by atoms with Crippen LogP contribution in [0.4, 0.5) is 0 Å². The minimum Gasteiger partial charge on any atom is -0.690 e. The van der Waals surface area contributed by atoms with Gasteiger partial charge in [-0.2, -0.15) is 0 Å². The summed E-state index contributed by atoms with van der Waals surface area (Å²) in [5.41, 5.74) is 0. The summed E-state index contributed by atoms with van der Waals surface area (Å²) in [5, 5.41) is 0. The van der Waals surface area contributed by atoms with Crippen LogP contribution < -0.4 is 51.4 Å². The van der Waals surface area contributed by atoms with E-state index in [9.17, 15) is 4.57 Å². The van der Waals surface area contributed by atoms with Gasteiger partial charge in [-0.3, -0.25) is 0 Å². The summed E-state index contributed by atoms with van der Waals surface area (Å²) in [6, 6.07) is 0. The fourth-order valence-electron chi connectivity index (χ4n) is 0.235. The summed E-state index contributed by atoms with van der Waals surface area (Å²) in [4.78, 5) is 0. The normalized spacial score (nSPS) is 16.4. The van der Waals surface area contributed by atoms with Crippen molar-refractivity contribution in [3.63, 3.8) is 0 Å². The second kappa shape index (κ2) is 5.92. The van der Waals surface area contributed by atoms with E-state index in [1.807, 2.05) is 0 Å². The maximum atomic E-state index is 10.4. The zero-order chi connectivity index (χ0) is 5.91. The monoisotopic (exact) mass is 178 g/mol. The molecule has 0 radical (unpaired) electrons. The van der Waals surface area contributed by atoms with E-state index in [0.29, 0.717) is 6.61 Å². The summed E-state index contributed by atoms with van der Waals surface area (Å²) in [6.07, 6.45) is 0. The van der Waals surface area contributed by atoms with E-state index in [1.54, 1.807) is 6.92 Å². The van der Waals surface area contributed by atoms with Crippen molar-refractivity contribution >= 4 is 18.8 Å². The maximum absolute atomic E-state index is 10.4. The first-order valence-electron chi connectivity index (χ1n) is 1.99. The second-order valence-electron chi connectivity index (χ2n) is 1.19. The maximum Gasteiger partial charge on any atom is 1.00 e. The van der Waals surface area contributed by atoms with Gasteiger partial charge in [0.25, 0.3) is 0 Å². The Kier molecular flexibility index (Phi) is 9.49. The van der Waals surface area contributed by atoms with Gasteiger partial charge in [-0.15, -0.1) is 0 Å². The van der Waals surface area contributed by atoms with Crippen molar-refractivity contribution in [2.75, 3.05) is 13.3 Å². The Bertz CT molecular complexity index is 91.3. The van der Waals surface area contributed by atoms with Gasteiger partial charge in [0.2, 0.25) is 0 Å². The molecule has 0 aromatic heterocycles. The average molecular weight is 178 g/mol. The van der Waals surface area contributed by atoms with E-state index in [-0.39, 0.29) is 51.4 Å². The quantitative estimate of drug-likeness (QED) is 0.289. The minimum absolute atomic E-state index is 0. The van der Waals surface area contributed by atoms with E-state index >= 15 is 0 Å². The van der Waals surface area contributed by atoms with Crippen LogP contribution in [0, 0.1) is 0 Å². The van der Waals surface area contributed by atoms with Gasteiger partial charge in [-0.05, 0) is 13.6 Å². The van der Waals surface area contributed by atoms with Gasteiger partial charge in [-0.25, -0.2) is 0 Å². The van der Waals surface area contributed by atoms with Crippen molar-refractivity contribution in [2.45, 2.75) is 6.92 Å². The summed E-state index contributed by atoms with van der Waals surface area (Å²) < 4.78 is 15.0. The Labute approximate surface area is 97.8 Å². The molecule has 0 amide bonds. The topological polar surface area (TPSA) is 26.3 Å². The summed E-state index contributed by atoms with van der Waals surface area (Å²) >= 11 is 4.42. The van der Waals surface area contributed by atoms with Gasteiger partial charge in [0.15, 0.2) is 0 Å². The average Bonchev–Trinajstić information content (AvgIpc) is 1.30. The van der Waals surface area contributed by atoms with Gasteiger partial charge < -0.3 is 21.3 Å². The molecule has 0 aliphatic carbocycles. The Balaban J connectivity index is 0. The fourth-order valence-corrected chi connectivity index (χ4v) is 1.02. The molecular formula is C3H8KO2PS. The number of hydrogen-bond donors (Lipinski definition) is 0. The SMILES string of the molecule is CCOP(C)(=O)[S-].[K+]. The zero-order valence-electron chi connectivity index (χ0n) is 5.38. The van der Waals surface area contributed by atoms with Crippen LogP contribution in [-0.4, -0.2) is 13.3 Å². The second-order valence-corrected chi connectivity index (χ2v) is 4.98. The van der Waals surface area contributed by atoms with E-state index in [1.165, 1.54) is 6.66 Å². The molecule has 0 saturated carbocycles. The third-order valence-electron chi connectivity index (χ3n) is 0.364. The Morgan fingerprint density at radius 3 is 2.12 bits per heavy atom. The predicted octanol–water partition coefficient (Wildman–Crippen LogP) is -1.60. The molecule has 0 aliphatic heterocycles. The Morgan fingerprint density at radius 2 is 2.12 bits per heavy atom. The summed E-state index contributed by atoms with van der Waals surface area (Å²) in [5.74, 6) is 0. The molecule has 0 spiro atoms.